The van der Waals surface area contributed by atoms with E-state index in [9.17, 15) is 0 Å². The molecule has 1 saturated carbocycles. The Morgan fingerprint density at radius 3 is 0.577 bits per heavy atom. The highest BCUT2D eigenvalue weighted by molar-refractivity contribution is 5.05. The van der Waals surface area contributed by atoms with Crippen LogP contribution in [0.2, 0.25) is 0 Å². The van der Waals surface area contributed by atoms with Crippen molar-refractivity contribution in [1.82, 2.24) is 83.3 Å². The Bertz CT molecular complexity index is 2140. The second kappa shape index (κ2) is 33.4. The summed E-state index contributed by atoms with van der Waals surface area (Å²) in [5, 5.41) is 0. The van der Waals surface area contributed by atoms with Crippen molar-refractivity contribution in [3.05, 3.63) is 0 Å². The zero-order chi connectivity index (χ0) is 69.7. The topological polar surface area (TPSA) is 55.1 Å². The van der Waals surface area contributed by atoms with Gasteiger partial charge in [-0.15, -0.1) is 0 Å². The lowest BCUT2D eigenvalue weighted by Gasteiger charge is -2.58. The number of hydrogen-bond donors (Lipinski definition) is 0. The largest absolute Gasteiger partial charge is 0.306 e. The summed E-state index contributed by atoms with van der Waals surface area (Å²) in [6.45, 7) is 47.6. The molecule has 17 nitrogen and oxygen atoms in total. The third-order valence-electron chi connectivity index (χ3n) is 28.0. The van der Waals surface area contributed by atoms with Gasteiger partial charge in [-0.1, -0.05) is 13.3 Å². The van der Waals surface area contributed by atoms with Gasteiger partial charge in [-0.2, -0.15) is 0 Å². The highest BCUT2D eigenvalue weighted by Gasteiger charge is 2.51. The molecule has 0 aromatic rings. The summed E-state index contributed by atoms with van der Waals surface area (Å²) in [4.78, 5) is 41.6. The van der Waals surface area contributed by atoms with E-state index in [0.29, 0.717) is 27.1 Å². The fourth-order valence-corrected chi connectivity index (χ4v) is 24.3. The van der Waals surface area contributed by atoms with Crippen molar-refractivity contribution < 1.29 is 0 Å². The molecule has 0 N–H and O–H groups in total. The van der Waals surface area contributed by atoms with Gasteiger partial charge >= 0.3 is 0 Å². The van der Waals surface area contributed by atoms with Crippen molar-refractivity contribution in [2.75, 3.05) is 342 Å². The van der Waals surface area contributed by atoms with E-state index in [1.165, 1.54) is 338 Å². The maximum atomic E-state index is 2.52. The summed E-state index contributed by atoms with van der Waals surface area (Å²) in [7, 11) is 37.9. The van der Waals surface area contributed by atoms with Gasteiger partial charge in [0.25, 0.3) is 0 Å². The van der Waals surface area contributed by atoms with Crippen molar-refractivity contribution in [3.63, 3.8) is 0 Å². The molecule has 18 aliphatic rings. The minimum atomic E-state index is 0.653. The number of likely N-dealkylation sites (tertiary alicyclic amines) is 17. The molecule has 18 rings (SSSR count). The van der Waals surface area contributed by atoms with E-state index in [0.717, 1.165) is 27.6 Å². The van der Waals surface area contributed by atoms with E-state index in [-0.39, 0.29) is 0 Å². The molecule has 0 radical (unpaired) electrons. The molecule has 2 atom stereocenters. The van der Waals surface area contributed by atoms with Crippen molar-refractivity contribution in [1.29, 1.82) is 0 Å². The Balaban J connectivity index is 0.000000119. The lowest BCUT2D eigenvalue weighted by atomic mass is 9.72. The van der Waals surface area contributed by atoms with Crippen LogP contribution in [0.15, 0.2) is 0 Å². The minimum Gasteiger partial charge on any atom is -0.306 e. The van der Waals surface area contributed by atoms with E-state index >= 15 is 0 Å². The van der Waals surface area contributed by atoms with Gasteiger partial charge in [-0.25, -0.2) is 0 Å². The molecule has 1 aliphatic carbocycles. The second-order valence-corrected chi connectivity index (χ2v) is 40.2. The number of nitrogens with zero attached hydrogens (tertiary/aromatic N) is 17. The molecular weight excluding hydrogens is 1200 g/mol. The number of piperidine rings is 6. The van der Waals surface area contributed by atoms with Crippen molar-refractivity contribution in [2.45, 2.75) is 122 Å². The quantitative estimate of drug-likeness (QED) is 0.265. The third kappa shape index (κ3) is 21.8. The smallest absolute Gasteiger partial charge is 0.0211 e. The molecule has 9 spiro atoms. The molecule has 0 amide bonds. The Hall–Kier alpha value is -0.680. The first-order chi connectivity index (χ1) is 45.8. The zero-order valence-electron chi connectivity index (χ0n) is 67.4. The molecule has 564 valence electrons. The Morgan fingerprint density at radius 2 is 0.340 bits per heavy atom. The average molecular weight is 1360 g/mol. The maximum absolute atomic E-state index is 2.52. The van der Waals surface area contributed by atoms with Crippen LogP contribution in [0.25, 0.3) is 0 Å². The van der Waals surface area contributed by atoms with Crippen LogP contribution >= 0.6 is 0 Å². The average Bonchev–Trinajstić information content (AvgIpc) is 1.70. The molecule has 17 saturated heterocycles. The Labute approximate surface area is 599 Å². The van der Waals surface area contributed by atoms with Crippen LogP contribution < -0.4 is 0 Å². The molecule has 97 heavy (non-hydrogen) atoms. The van der Waals surface area contributed by atoms with Gasteiger partial charge in [0.05, 0.1) is 0 Å². The zero-order valence-corrected chi connectivity index (χ0v) is 67.4. The van der Waals surface area contributed by atoms with Crippen LogP contribution in [0.4, 0.5) is 0 Å². The first-order valence-electron chi connectivity index (χ1n) is 40.5. The normalized spacial score (nSPS) is 33.9. The van der Waals surface area contributed by atoms with Crippen molar-refractivity contribution in [3.8, 4) is 0 Å². The SMILES string of the molecule is CC1CCC2(CCN(C)C2)C1.CN1CC2(C1)CN(C)C2.CN1CCC2(C1)CN(C)C2.CN1CCC2(C1)CN(C)C2.CN1CCC2(CC1)CN(C)C2.CN1CCC2(CC1)CN(C)C2.CN1CCCC2(C1)CN(C)C2.CN1CCCC2(C1)CN(C)C2.CN1CCCC2(CCCN(C)C2)C1. The van der Waals surface area contributed by atoms with Gasteiger partial charge in [0.2, 0.25) is 0 Å². The summed E-state index contributed by atoms with van der Waals surface area (Å²) in [6.07, 6.45) is 26.0. The minimum absolute atomic E-state index is 0.653. The molecule has 0 bridgehead atoms. The number of rotatable bonds is 0. The molecule has 0 aromatic carbocycles. The summed E-state index contributed by atoms with van der Waals surface area (Å²) >= 11 is 0. The lowest BCUT2D eigenvalue weighted by Crippen LogP contribution is -2.70. The van der Waals surface area contributed by atoms with Gasteiger partial charge in [0.15, 0.2) is 0 Å². The molecule has 17 heterocycles. The predicted molar refractivity (Wildman–Crippen MR) is 412 cm³/mol. The van der Waals surface area contributed by atoms with E-state index in [1.54, 1.807) is 0 Å². The van der Waals surface area contributed by atoms with E-state index < -0.39 is 0 Å². The summed E-state index contributed by atoms with van der Waals surface area (Å²) in [5.41, 5.74) is 6.44. The molecule has 17 aliphatic heterocycles. The first-order valence-corrected chi connectivity index (χ1v) is 40.5. The van der Waals surface area contributed by atoms with Crippen LogP contribution in [0.5, 0.6) is 0 Å². The highest BCUT2D eigenvalue weighted by atomic mass is 15.3. The lowest BCUT2D eigenvalue weighted by molar-refractivity contribution is -0.0926. The fourth-order valence-electron chi connectivity index (χ4n) is 24.3. The predicted octanol–water partition coefficient (Wildman–Crippen LogP) is 6.50. The first kappa shape index (κ1) is 78.9. The van der Waals surface area contributed by atoms with Crippen LogP contribution in [-0.4, -0.2) is 426 Å². The van der Waals surface area contributed by atoms with Crippen LogP contribution in [0, 0.1) is 54.7 Å². The van der Waals surface area contributed by atoms with Crippen LogP contribution in [0.3, 0.4) is 0 Å². The van der Waals surface area contributed by atoms with Crippen LogP contribution in [0.1, 0.15) is 122 Å². The second-order valence-electron chi connectivity index (χ2n) is 40.2. The van der Waals surface area contributed by atoms with Gasteiger partial charge in [0.1, 0.15) is 0 Å². The van der Waals surface area contributed by atoms with E-state index in [1.807, 2.05) is 0 Å². The molecule has 17 heteroatoms. The Morgan fingerprint density at radius 1 is 0.165 bits per heavy atom. The van der Waals surface area contributed by atoms with E-state index in [2.05, 4.69) is 210 Å². The van der Waals surface area contributed by atoms with Gasteiger partial charge in [-0.05, 0) is 329 Å². The van der Waals surface area contributed by atoms with Gasteiger partial charge in [-0.3, -0.25) is 0 Å². The fraction of sp³-hybridized carbons (Fsp3) is 1.00. The van der Waals surface area contributed by atoms with Crippen LogP contribution in [-0.2, 0) is 0 Å². The highest BCUT2D eigenvalue weighted by Crippen LogP contribution is 2.48. The summed E-state index contributed by atoms with van der Waals surface area (Å²) < 4.78 is 0. The molecule has 0 aromatic heterocycles. The number of hydrogen-bond acceptors (Lipinski definition) is 17. The van der Waals surface area contributed by atoms with Crippen molar-refractivity contribution >= 4 is 0 Å². The Kier molecular flexibility index (Phi) is 27.2. The van der Waals surface area contributed by atoms with E-state index in [4.69, 9.17) is 0 Å². The summed E-state index contributed by atoms with van der Waals surface area (Å²) in [6, 6.07) is 0. The monoisotopic (exact) mass is 1360 g/mol. The maximum Gasteiger partial charge on any atom is 0.0211 e. The standard InChI is InChI=1S/C11H22N2.C10H19N.4C9H18N2.2C8H16N2.C7H14N2/c1-12-7-3-5-11(9-12)6-4-8-13(2)10-11;1-9-3-4-10(7-9)5-6-11(2)8-10;2*1-10-5-3-9(4-6-10)7-11(2)8-9;2*1-10-5-3-4-9(6-10)7-11(2)8-9;2*1-9-4-3-8(5-9)6-10(2)7-8;1-8-3-7(4-8)5-9(2)6-7/h3-10H2,1-2H3;9H,3-8H2,1-2H3;4*3-8H2,1-2H3;2*3-7H2,1-2H3;3-6H2,1-2H3. The molecule has 18 fully saturated rings. The molecular formula is C80H159N17. The molecule has 2 unspecified atom stereocenters. The van der Waals surface area contributed by atoms with Crippen molar-refractivity contribution in [2.24, 2.45) is 54.7 Å². The third-order valence-corrected chi connectivity index (χ3v) is 28.0. The van der Waals surface area contributed by atoms with Gasteiger partial charge in [0, 0.05) is 178 Å². The summed E-state index contributed by atoms with van der Waals surface area (Å²) in [5.74, 6) is 1.00. The van der Waals surface area contributed by atoms with Gasteiger partial charge < -0.3 is 83.3 Å².